The Morgan fingerprint density at radius 1 is 1.12 bits per heavy atom. The number of nitrogens with zero attached hydrogens (tertiary/aromatic N) is 2. The zero-order chi connectivity index (χ0) is 17.7. The number of hydrogen-bond donors (Lipinski definition) is 0. The second-order valence-electron chi connectivity index (χ2n) is 6.47. The molecule has 0 radical (unpaired) electrons. The molecule has 1 aliphatic heterocycles. The van der Waals surface area contributed by atoms with Crippen molar-refractivity contribution in [3.63, 3.8) is 0 Å². The van der Waals surface area contributed by atoms with E-state index in [1.165, 1.54) is 6.21 Å². The first kappa shape index (κ1) is 16.3. The Morgan fingerprint density at radius 3 is 2.32 bits per heavy atom. The van der Waals surface area contributed by atoms with E-state index in [-0.39, 0.29) is 35.5 Å². The molecule has 3 aliphatic rings. The van der Waals surface area contributed by atoms with Gasteiger partial charge in [-0.25, -0.2) is 0 Å². The van der Waals surface area contributed by atoms with E-state index >= 15 is 0 Å². The molecule has 1 aromatic rings. The molecular formula is C18H17BrN2O4. The van der Waals surface area contributed by atoms with Crippen LogP contribution in [0.3, 0.4) is 0 Å². The monoisotopic (exact) mass is 404 g/mol. The number of benzene rings is 1. The number of halogens is 1. The van der Waals surface area contributed by atoms with E-state index in [2.05, 4.69) is 33.2 Å². The van der Waals surface area contributed by atoms with E-state index < -0.39 is 0 Å². The third kappa shape index (κ3) is 2.40. The van der Waals surface area contributed by atoms with Gasteiger partial charge in [-0.05, 0) is 51.9 Å². The molecule has 2 amide bonds. The van der Waals surface area contributed by atoms with E-state index in [0.717, 1.165) is 11.4 Å². The number of hydrogen-bond acceptors (Lipinski definition) is 5. The molecule has 4 atom stereocenters. The quantitative estimate of drug-likeness (QED) is 0.439. The zero-order valence-electron chi connectivity index (χ0n) is 13.8. The van der Waals surface area contributed by atoms with Crippen molar-refractivity contribution in [2.45, 2.75) is 6.42 Å². The normalized spacial score (nSPS) is 29.8. The number of rotatable bonds is 4. The van der Waals surface area contributed by atoms with Crippen LogP contribution in [0.15, 0.2) is 33.9 Å². The predicted octanol–water partition coefficient (Wildman–Crippen LogP) is 2.61. The van der Waals surface area contributed by atoms with E-state index in [9.17, 15) is 9.59 Å². The Balaban J connectivity index is 1.60. The molecule has 4 rings (SSSR count). The molecule has 1 heterocycles. The maximum Gasteiger partial charge on any atom is 0.254 e. The lowest BCUT2D eigenvalue weighted by molar-refractivity contribution is -0.140. The first-order chi connectivity index (χ1) is 12.0. The van der Waals surface area contributed by atoms with E-state index in [0.29, 0.717) is 21.5 Å². The first-order valence-corrected chi connectivity index (χ1v) is 8.86. The maximum absolute atomic E-state index is 12.6. The Bertz CT molecular complexity index is 790. The summed E-state index contributed by atoms with van der Waals surface area (Å²) < 4.78 is 11.3. The number of hydrazone groups is 1. The van der Waals surface area contributed by atoms with Crippen molar-refractivity contribution in [3.8, 4) is 11.5 Å². The van der Waals surface area contributed by atoms with Crippen molar-refractivity contribution in [2.24, 2.45) is 28.8 Å². The molecule has 7 heteroatoms. The van der Waals surface area contributed by atoms with Gasteiger partial charge in [0, 0.05) is 0 Å². The van der Waals surface area contributed by atoms with Gasteiger partial charge in [-0.2, -0.15) is 10.1 Å². The molecular weight excluding hydrogens is 388 g/mol. The van der Waals surface area contributed by atoms with Gasteiger partial charge >= 0.3 is 0 Å². The molecule has 0 unspecified atom stereocenters. The van der Waals surface area contributed by atoms with E-state index in [4.69, 9.17) is 9.47 Å². The van der Waals surface area contributed by atoms with Gasteiger partial charge in [-0.15, -0.1) is 0 Å². The number of ether oxygens (including phenoxy) is 2. The Labute approximate surface area is 153 Å². The van der Waals surface area contributed by atoms with Crippen LogP contribution >= 0.6 is 15.9 Å². The van der Waals surface area contributed by atoms with Crippen molar-refractivity contribution in [1.82, 2.24) is 5.01 Å². The smallest absolute Gasteiger partial charge is 0.254 e. The Hall–Kier alpha value is -2.15. The molecule has 1 saturated heterocycles. The minimum absolute atomic E-state index is 0.182. The summed E-state index contributed by atoms with van der Waals surface area (Å²) in [5.74, 6) is 0.615. The van der Waals surface area contributed by atoms with Crippen LogP contribution in [0.5, 0.6) is 11.5 Å². The fourth-order valence-electron chi connectivity index (χ4n) is 4.14. The van der Waals surface area contributed by atoms with Crippen molar-refractivity contribution in [2.75, 3.05) is 14.2 Å². The standard InChI is InChI=1S/C18H17BrN2O4/c1-24-13-6-9(5-12(19)16(13)25-2)8-20-21-17(22)14-10-3-4-11(7-10)15(14)18(21)23/h3-6,8,10-11,14-15H,7H2,1-2H3/t10-,11-,14-,15+/m0/s1. The number of fused-ring (bicyclic) bond motifs is 5. The lowest BCUT2D eigenvalue weighted by atomic mass is 9.85. The topological polar surface area (TPSA) is 68.2 Å². The molecule has 2 fully saturated rings. The number of carbonyl (C=O) groups is 2. The predicted molar refractivity (Wildman–Crippen MR) is 94.4 cm³/mol. The lowest BCUT2D eigenvalue weighted by Crippen LogP contribution is -2.28. The highest BCUT2D eigenvalue weighted by molar-refractivity contribution is 9.10. The fraction of sp³-hybridized carbons (Fsp3) is 0.389. The summed E-state index contributed by atoms with van der Waals surface area (Å²) in [4.78, 5) is 25.2. The van der Waals surface area contributed by atoms with Gasteiger partial charge in [0.1, 0.15) is 0 Å². The van der Waals surface area contributed by atoms with Gasteiger partial charge in [-0.1, -0.05) is 12.2 Å². The molecule has 1 aromatic carbocycles. The first-order valence-electron chi connectivity index (χ1n) is 8.06. The highest BCUT2D eigenvalue weighted by Crippen LogP contribution is 2.52. The Morgan fingerprint density at radius 2 is 1.76 bits per heavy atom. The van der Waals surface area contributed by atoms with Gasteiger partial charge in [-0.3, -0.25) is 9.59 Å². The molecule has 2 bridgehead atoms. The minimum Gasteiger partial charge on any atom is -0.493 e. The van der Waals surface area contributed by atoms with Crippen LogP contribution in [0, 0.1) is 23.7 Å². The summed E-state index contributed by atoms with van der Waals surface area (Å²) in [5.41, 5.74) is 0.697. The average Bonchev–Trinajstić information content (AvgIpc) is 3.27. The van der Waals surface area contributed by atoms with Gasteiger partial charge < -0.3 is 9.47 Å². The number of amides is 2. The number of allylic oxidation sites excluding steroid dienone is 2. The summed E-state index contributed by atoms with van der Waals surface area (Å²) >= 11 is 3.42. The fourth-order valence-corrected chi connectivity index (χ4v) is 4.76. The van der Waals surface area contributed by atoms with Crippen LogP contribution in [-0.2, 0) is 9.59 Å². The van der Waals surface area contributed by atoms with Crippen LogP contribution in [-0.4, -0.2) is 37.3 Å². The molecule has 0 N–H and O–H groups in total. The molecule has 0 aromatic heterocycles. The van der Waals surface area contributed by atoms with Gasteiger partial charge in [0.2, 0.25) is 0 Å². The van der Waals surface area contributed by atoms with Crippen LogP contribution in [0.2, 0.25) is 0 Å². The zero-order valence-corrected chi connectivity index (χ0v) is 15.4. The van der Waals surface area contributed by atoms with E-state index in [1.807, 2.05) is 0 Å². The third-order valence-electron chi connectivity index (χ3n) is 5.23. The molecule has 130 valence electrons. The minimum atomic E-state index is -0.239. The van der Waals surface area contributed by atoms with Crippen molar-refractivity contribution < 1.29 is 19.1 Å². The largest absolute Gasteiger partial charge is 0.493 e. The van der Waals surface area contributed by atoms with Gasteiger partial charge in [0.15, 0.2) is 11.5 Å². The molecule has 25 heavy (non-hydrogen) atoms. The molecule has 1 saturated carbocycles. The summed E-state index contributed by atoms with van der Waals surface area (Å²) in [6.45, 7) is 0. The highest BCUT2D eigenvalue weighted by atomic mass is 79.9. The molecule has 6 nitrogen and oxygen atoms in total. The average molecular weight is 405 g/mol. The van der Waals surface area contributed by atoms with E-state index in [1.54, 1.807) is 26.4 Å². The summed E-state index contributed by atoms with van der Waals surface area (Å²) in [5, 5.41) is 5.20. The van der Waals surface area contributed by atoms with Crippen LogP contribution in [0.25, 0.3) is 0 Å². The summed E-state index contributed by atoms with van der Waals surface area (Å²) in [7, 11) is 3.10. The van der Waals surface area contributed by atoms with Crippen LogP contribution < -0.4 is 9.47 Å². The lowest BCUT2D eigenvalue weighted by Gasteiger charge is -2.13. The second-order valence-corrected chi connectivity index (χ2v) is 7.33. The van der Waals surface area contributed by atoms with Crippen LogP contribution in [0.1, 0.15) is 12.0 Å². The van der Waals surface area contributed by atoms with Crippen molar-refractivity contribution in [3.05, 3.63) is 34.3 Å². The number of methoxy groups -OCH3 is 2. The second kappa shape index (κ2) is 5.98. The molecule has 0 spiro atoms. The van der Waals surface area contributed by atoms with Crippen LogP contribution in [0.4, 0.5) is 0 Å². The maximum atomic E-state index is 12.6. The van der Waals surface area contributed by atoms with Gasteiger partial charge in [0.25, 0.3) is 11.8 Å². The SMILES string of the molecule is COc1cc(C=NN2C(=O)[C@@H]3[C@H](C2=O)[C@H]2C=C[C@H]3C2)cc(Br)c1OC. The highest BCUT2D eigenvalue weighted by Gasteiger charge is 2.59. The van der Waals surface area contributed by atoms with Crippen molar-refractivity contribution in [1.29, 1.82) is 0 Å². The number of carbonyl (C=O) groups excluding carboxylic acids is 2. The third-order valence-corrected chi connectivity index (χ3v) is 5.81. The summed E-state index contributed by atoms with van der Waals surface area (Å²) in [6, 6.07) is 3.53. The number of imide groups is 1. The molecule has 2 aliphatic carbocycles. The Kier molecular flexibility index (Phi) is 3.91. The van der Waals surface area contributed by atoms with Gasteiger partial charge in [0.05, 0.1) is 36.7 Å². The van der Waals surface area contributed by atoms with Crippen molar-refractivity contribution >= 4 is 34.0 Å². The summed E-state index contributed by atoms with van der Waals surface area (Å²) in [6.07, 6.45) is 6.54.